The molecule has 0 bridgehead atoms. The van der Waals surface area contributed by atoms with Crippen LogP contribution in [0.15, 0.2) is 65.7 Å². The Morgan fingerprint density at radius 2 is 1.90 bits per heavy atom. The molecule has 3 heterocycles. The van der Waals surface area contributed by atoms with Crippen molar-refractivity contribution in [2.75, 3.05) is 18.1 Å². The zero-order valence-corrected chi connectivity index (χ0v) is 17.2. The molecule has 6 nitrogen and oxygen atoms in total. The number of amides is 1. The number of carbonyl (C=O) groups is 1. The maximum Gasteiger partial charge on any atom is 0.268 e. The minimum absolute atomic E-state index is 0.125. The molecule has 0 radical (unpaired) electrons. The van der Waals surface area contributed by atoms with E-state index in [9.17, 15) is 9.59 Å². The first kappa shape index (κ1) is 18.6. The molecule has 0 aliphatic carbocycles. The van der Waals surface area contributed by atoms with E-state index in [2.05, 4.69) is 4.98 Å². The average Bonchev–Trinajstić information content (AvgIpc) is 3.12. The van der Waals surface area contributed by atoms with Crippen molar-refractivity contribution in [3.8, 4) is 5.75 Å². The summed E-state index contributed by atoms with van der Waals surface area (Å²) in [7, 11) is 0. The molecule has 30 heavy (non-hydrogen) atoms. The summed E-state index contributed by atoms with van der Waals surface area (Å²) in [4.78, 5) is 33.9. The third-order valence-corrected chi connectivity index (χ3v) is 6.47. The fraction of sp³-hybridized carbons (Fsp3) is 0.174. The summed E-state index contributed by atoms with van der Waals surface area (Å²) in [5.74, 6) is 0.569. The summed E-state index contributed by atoms with van der Waals surface area (Å²) in [6.45, 7) is 3.18. The molecule has 1 aliphatic rings. The number of fused-ring (bicyclic) bond motifs is 2. The molecule has 0 spiro atoms. The Morgan fingerprint density at radius 1 is 1.13 bits per heavy atom. The Hall–Kier alpha value is -3.45. The average molecular weight is 417 g/mol. The Bertz CT molecular complexity index is 1310. The summed E-state index contributed by atoms with van der Waals surface area (Å²) in [5.41, 5.74) is 2.33. The zero-order valence-electron chi connectivity index (χ0n) is 16.4. The van der Waals surface area contributed by atoms with Crippen LogP contribution in [0.5, 0.6) is 5.75 Å². The lowest BCUT2D eigenvalue weighted by atomic mass is 10.1. The maximum atomic E-state index is 13.4. The Labute approximate surface area is 177 Å². The lowest BCUT2D eigenvalue weighted by Crippen LogP contribution is -2.37. The number of anilines is 1. The van der Waals surface area contributed by atoms with Crippen LogP contribution in [-0.2, 0) is 6.54 Å². The summed E-state index contributed by atoms with van der Waals surface area (Å²) < 4.78 is 7.26. The highest BCUT2D eigenvalue weighted by atomic mass is 32.1. The summed E-state index contributed by atoms with van der Waals surface area (Å²) in [5, 5.41) is 0.517. The molecular formula is C23H19N3O3S. The second-order valence-corrected chi connectivity index (χ2v) is 8.17. The lowest BCUT2D eigenvalue weighted by molar-refractivity contribution is 0.0980. The smallest absolute Gasteiger partial charge is 0.268 e. The molecule has 7 heteroatoms. The molecule has 150 valence electrons. The first-order valence-electron chi connectivity index (χ1n) is 9.69. The molecule has 1 aliphatic heterocycles. The van der Waals surface area contributed by atoms with Crippen molar-refractivity contribution < 1.29 is 9.53 Å². The van der Waals surface area contributed by atoms with E-state index in [1.807, 2.05) is 61.5 Å². The van der Waals surface area contributed by atoms with Gasteiger partial charge in [-0.3, -0.25) is 14.2 Å². The standard InChI is InChI=1S/C23H19N3O3S/c1-15-19-21(24-14-25(22(19)27)13-16-7-3-2-4-8-16)30-20(15)23(28)26-11-12-29-18-10-6-5-9-17(18)26/h2-10,14H,11-13H2,1H3. The molecule has 4 aromatic rings. The van der Waals surface area contributed by atoms with E-state index in [0.717, 1.165) is 11.3 Å². The van der Waals surface area contributed by atoms with E-state index in [1.165, 1.54) is 11.3 Å². The summed E-state index contributed by atoms with van der Waals surface area (Å²) in [6.07, 6.45) is 1.56. The number of nitrogens with zero attached hydrogens (tertiary/aromatic N) is 3. The third-order valence-electron chi connectivity index (χ3n) is 5.28. The minimum Gasteiger partial charge on any atom is -0.490 e. The molecule has 0 saturated heterocycles. The number of rotatable bonds is 3. The van der Waals surface area contributed by atoms with Gasteiger partial charge in [-0.25, -0.2) is 4.98 Å². The zero-order chi connectivity index (χ0) is 20.7. The van der Waals surface area contributed by atoms with Gasteiger partial charge in [-0.2, -0.15) is 0 Å². The van der Waals surface area contributed by atoms with Gasteiger partial charge in [0, 0.05) is 0 Å². The van der Waals surface area contributed by atoms with Crippen LogP contribution in [0.1, 0.15) is 20.8 Å². The van der Waals surface area contributed by atoms with Gasteiger partial charge < -0.3 is 9.64 Å². The molecule has 1 amide bonds. The van der Waals surface area contributed by atoms with Gasteiger partial charge in [0.2, 0.25) is 0 Å². The largest absolute Gasteiger partial charge is 0.490 e. The summed E-state index contributed by atoms with van der Waals surface area (Å²) >= 11 is 1.27. The number of para-hydroxylation sites is 2. The lowest BCUT2D eigenvalue weighted by Gasteiger charge is -2.29. The van der Waals surface area contributed by atoms with Gasteiger partial charge in [-0.05, 0) is 30.2 Å². The first-order chi connectivity index (χ1) is 14.6. The molecular weight excluding hydrogens is 398 g/mol. The molecule has 2 aromatic carbocycles. The van der Waals surface area contributed by atoms with Gasteiger partial charge in [0.15, 0.2) is 0 Å². The predicted molar refractivity (Wildman–Crippen MR) is 118 cm³/mol. The Balaban J connectivity index is 1.55. The molecule has 0 unspecified atom stereocenters. The normalized spacial score (nSPS) is 13.2. The van der Waals surface area contributed by atoms with Crippen molar-refractivity contribution >= 4 is 33.1 Å². The van der Waals surface area contributed by atoms with Crippen LogP contribution >= 0.6 is 11.3 Å². The van der Waals surface area contributed by atoms with Gasteiger partial charge in [0.1, 0.15) is 17.2 Å². The number of aryl methyl sites for hydroxylation is 1. The fourth-order valence-electron chi connectivity index (χ4n) is 3.76. The minimum atomic E-state index is -0.126. The van der Waals surface area contributed by atoms with E-state index in [1.54, 1.807) is 15.8 Å². The Morgan fingerprint density at radius 3 is 2.73 bits per heavy atom. The monoisotopic (exact) mass is 417 g/mol. The number of hydrogen-bond acceptors (Lipinski definition) is 5. The van der Waals surface area contributed by atoms with E-state index in [-0.39, 0.29) is 11.5 Å². The number of benzene rings is 2. The van der Waals surface area contributed by atoms with Crippen LogP contribution < -0.4 is 15.2 Å². The maximum absolute atomic E-state index is 13.4. The molecule has 0 saturated carbocycles. The van der Waals surface area contributed by atoms with Crippen molar-refractivity contribution in [3.05, 3.63) is 87.3 Å². The highest BCUT2D eigenvalue weighted by Gasteiger charge is 2.28. The van der Waals surface area contributed by atoms with Crippen molar-refractivity contribution in [3.63, 3.8) is 0 Å². The van der Waals surface area contributed by atoms with Crippen LogP contribution in [0, 0.1) is 6.92 Å². The van der Waals surface area contributed by atoms with Gasteiger partial charge in [0.25, 0.3) is 11.5 Å². The van der Waals surface area contributed by atoms with Crippen molar-refractivity contribution in [2.24, 2.45) is 0 Å². The predicted octanol–water partition coefficient (Wildman–Crippen LogP) is 3.85. The fourth-order valence-corrected chi connectivity index (χ4v) is 4.85. The number of aromatic nitrogens is 2. The van der Waals surface area contributed by atoms with E-state index >= 15 is 0 Å². The van der Waals surface area contributed by atoms with Crippen molar-refractivity contribution in [2.45, 2.75) is 13.5 Å². The van der Waals surface area contributed by atoms with Gasteiger partial charge in [0.05, 0.1) is 35.4 Å². The number of ether oxygens (including phenoxy) is 1. The number of carbonyl (C=O) groups excluding carboxylic acids is 1. The van der Waals surface area contributed by atoms with Crippen molar-refractivity contribution in [1.82, 2.24) is 9.55 Å². The molecule has 0 N–H and O–H groups in total. The van der Waals surface area contributed by atoms with Crippen LogP contribution in [-0.4, -0.2) is 28.6 Å². The van der Waals surface area contributed by atoms with Crippen LogP contribution in [0.4, 0.5) is 5.69 Å². The topological polar surface area (TPSA) is 64.4 Å². The first-order valence-corrected chi connectivity index (χ1v) is 10.5. The van der Waals surface area contributed by atoms with Crippen molar-refractivity contribution in [1.29, 1.82) is 0 Å². The molecule has 2 aromatic heterocycles. The van der Waals surface area contributed by atoms with Gasteiger partial charge >= 0.3 is 0 Å². The second kappa shape index (κ2) is 7.42. The van der Waals surface area contributed by atoms with E-state index < -0.39 is 0 Å². The molecule has 5 rings (SSSR count). The molecule has 0 atom stereocenters. The van der Waals surface area contributed by atoms with Crippen LogP contribution in [0.25, 0.3) is 10.2 Å². The highest BCUT2D eigenvalue weighted by Crippen LogP contribution is 2.35. The SMILES string of the molecule is Cc1c(C(=O)N2CCOc3ccccc32)sc2ncn(Cc3ccccc3)c(=O)c12. The number of thiophene rings is 1. The highest BCUT2D eigenvalue weighted by molar-refractivity contribution is 7.20. The van der Waals surface area contributed by atoms with E-state index in [4.69, 9.17) is 4.74 Å². The van der Waals surface area contributed by atoms with Gasteiger partial charge in [-0.1, -0.05) is 42.5 Å². The Kier molecular flexibility index (Phi) is 4.59. The third kappa shape index (κ3) is 3.07. The second-order valence-electron chi connectivity index (χ2n) is 7.17. The summed E-state index contributed by atoms with van der Waals surface area (Å²) in [6, 6.07) is 17.3. The quantitative estimate of drug-likeness (QED) is 0.508. The van der Waals surface area contributed by atoms with Crippen LogP contribution in [0.3, 0.4) is 0 Å². The van der Waals surface area contributed by atoms with Crippen LogP contribution in [0.2, 0.25) is 0 Å². The van der Waals surface area contributed by atoms with E-state index in [0.29, 0.717) is 46.1 Å². The number of hydrogen-bond donors (Lipinski definition) is 0. The molecule has 0 fully saturated rings. The van der Waals surface area contributed by atoms with Gasteiger partial charge in [-0.15, -0.1) is 11.3 Å².